The predicted molar refractivity (Wildman–Crippen MR) is 167 cm³/mol. The van der Waals surface area contributed by atoms with Crippen LogP contribution in [0.25, 0.3) is 0 Å². The molecule has 1 amide bonds. The van der Waals surface area contributed by atoms with Crippen molar-refractivity contribution >= 4 is 17.5 Å². The molecule has 5 rings (SSSR count). The minimum atomic E-state index is -0.138. The van der Waals surface area contributed by atoms with E-state index in [-0.39, 0.29) is 65.6 Å². The Morgan fingerprint density at radius 1 is 1.09 bits per heavy atom. The molecule has 0 bridgehead atoms. The van der Waals surface area contributed by atoms with Crippen molar-refractivity contribution in [3.63, 3.8) is 0 Å². The van der Waals surface area contributed by atoms with Crippen LogP contribution in [0.5, 0.6) is 0 Å². The summed E-state index contributed by atoms with van der Waals surface area (Å²) >= 11 is 6.94. The van der Waals surface area contributed by atoms with Crippen molar-refractivity contribution < 1.29 is 19.0 Å². The maximum absolute atomic E-state index is 12.9. The summed E-state index contributed by atoms with van der Waals surface area (Å²) in [5, 5.41) is 24.5. The largest absolute Gasteiger partial charge is 0.376 e. The first kappa shape index (κ1) is 33.3. The quantitative estimate of drug-likeness (QED) is 0.243. The number of carbonyl (C=O) groups excluding carboxylic acids is 1. The number of carbonyl (C=O) groups is 1. The standard InChI is InChI=1S/C32H55ClN6O4/c1-4-41-30-16-25-23(15-27(30)38-31(40)8-6-12-39(2)3)32(20(17-34)18-36-25)37-21-9-10-28(24(33)13-21)42-19-22-14-26-29(43-22)7-5-11-35-26/h20-30,32,35-37H,4-16,18-19H2,1-3H3,(H,38,40). The highest BCUT2D eigenvalue weighted by molar-refractivity contribution is 6.21. The van der Waals surface area contributed by atoms with E-state index in [1.54, 1.807) is 0 Å². The number of rotatable bonds is 12. The Kier molecular flexibility index (Phi) is 12.4. The minimum absolute atomic E-state index is 0.0279. The van der Waals surface area contributed by atoms with Crippen molar-refractivity contribution in [2.24, 2.45) is 11.8 Å². The molecule has 12 atom stereocenters. The number of nitrogens with zero attached hydrogens (tertiary/aromatic N) is 2. The normalized spacial score (nSPS) is 41.3. The zero-order valence-corrected chi connectivity index (χ0v) is 27.2. The lowest BCUT2D eigenvalue weighted by atomic mass is 9.69. The smallest absolute Gasteiger partial charge is 0.220 e. The highest BCUT2D eigenvalue weighted by Gasteiger charge is 2.47. The molecule has 0 aromatic rings. The van der Waals surface area contributed by atoms with Crippen LogP contribution in [0.1, 0.15) is 71.1 Å². The van der Waals surface area contributed by atoms with Crippen molar-refractivity contribution in [3.8, 4) is 6.07 Å². The van der Waals surface area contributed by atoms with Gasteiger partial charge in [0.25, 0.3) is 0 Å². The molecule has 10 nitrogen and oxygen atoms in total. The number of ether oxygens (including phenoxy) is 3. The van der Waals surface area contributed by atoms with Crippen LogP contribution in [-0.4, -0.2) is 118 Å². The zero-order valence-electron chi connectivity index (χ0n) is 26.4. The van der Waals surface area contributed by atoms with Crippen molar-refractivity contribution in [2.75, 3.05) is 46.9 Å². The second-order valence-electron chi connectivity index (χ2n) is 13.8. The van der Waals surface area contributed by atoms with E-state index in [0.29, 0.717) is 38.3 Å². The number of hydrogen-bond donors (Lipinski definition) is 4. The topological polar surface area (TPSA) is 120 Å². The van der Waals surface area contributed by atoms with Crippen molar-refractivity contribution in [1.29, 1.82) is 5.26 Å². The number of hydrogen-bond acceptors (Lipinski definition) is 9. The number of amides is 1. The molecular formula is C32H55ClN6O4. The Morgan fingerprint density at radius 3 is 2.70 bits per heavy atom. The van der Waals surface area contributed by atoms with E-state index in [2.05, 4.69) is 32.2 Å². The molecule has 0 aromatic heterocycles. The van der Waals surface area contributed by atoms with Crippen LogP contribution in [0, 0.1) is 23.2 Å². The SMILES string of the molecule is CCOC1CC2NCC(C#N)C(NC3CCC(OCC4CC5NCCCC5O4)C(Cl)C3)C2CC1NC(=O)CCCN(C)C. The van der Waals surface area contributed by atoms with Gasteiger partial charge in [-0.1, -0.05) is 0 Å². The van der Waals surface area contributed by atoms with Gasteiger partial charge in [-0.15, -0.1) is 11.6 Å². The van der Waals surface area contributed by atoms with Gasteiger partial charge < -0.3 is 40.4 Å². The number of halogens is 1. The molecule has 0 radical (unpaired) electrons. The van der Waals surface area contributed by atoms with Gasteiger partial charge in [0.1, 0.15) is 0 Å². The molecule has 4 N–H and O–H groups in total. The van der Waals surface area contributed by atoms with E-state index in [0.717, 1.165) is 64.5 Å². The lowest BCUT2D eigenvalue weighted by molar-refractivity contribution is -0.124. The molecular weight excluding hydrogens is 568 g/mol. The molecule has 2 saturated carbocycles. The molecule has 43 heavy (non-hydrogen) atoms. The summed E-state index contributed by atoms with van der Waals surface area (Å²) in [5.41, 5.74) is 0. The van der Waals surface area contributed by atoms with Gasteiger partial charge in [0.15, 0.2) is 0 Å². The van der Waals surface area contributed by atoms with Gasteiger partial charge in [0.05, 0.1) is 54.4 Å². The number of fused-ring (bicyclic) bond motifs is 2. The highest BCUT2D eigenvalue weighted by Crippen LogP contribution is 2.37. The van der Waals surface area contributed by atoms with Crippen LogP contribution in [0.2, 0.25) is 0 Å². The van der Waals surface area contributed by atoms with Gasteiger partial charge in [-0.05, 0) is 97.8 Å². The van der Waals surface area contributed by atoms with Gasteiger partial charge in [0, 0.05) is 43.7 Å². The lowest BCUT2D eigenvalue weighted by Crippen LogP contribution is -2.66. The number of nitriles is 1. The van der Waals surface area contributed by atoms with Gasteiger partial charge in [0.2, 0.25) is 5.91 Å². The van der Waals surface area contributed by atoms with E-state index in [9.17, 15) is 10.1 Å². The average Bonchev–Trinajstić information content (AvgIpc) is 3.40. The molecule has 0 aromatic carbocycles. The van der Waals surface area contributed by atoms with Crippen LogP contribution < -0.4 is 21.3 Å². The van der Waals surface area contributed by atoms with E-state index in [1.807, 2.05) is 21.0 Å². The van der Waals surface area contributed by atoms with E-state index < -0.39 is 0 Å². The van der Waals surface area contributed by atoms with Gasteiger partial charge in [-0.2, -0.15) is 5.26 Å². The maximum atomic E-state index is 12.9. The summed E-state index contributed by atoms with van der Waals surface area (Å²) in [6.45, 7) is 5.88. The monoisotopic (exact) mass is 622 g/mol. The second-order valence-corrected chi connectivity index (χ2v) is 14.3. The third-order valence-corrected chi connectivity index (χ3v) is 10.9. The van der Waals surface area contributed by atoms with Crippen LogP contribution in [-0.2, 0) is 19.0 Å². The first-order valence-electron chi connectivity index (χ1n) is 16.9. The molecule has 3 heterocycles. The minimum Gasteiger partial charge on any atom is -0.376 e. The third kappa shape index (κ3) is 8.82. The van der Waals surface area contributed by atoms with Gasteiger partial charge in [-0.25, -0.2) is 0 Å². The Labute approximate surface area is 263 Å². The fourth-order valence-corrected chi connectivity index (χ4v) is 8.64. The third-order valence-electron chi connectivity index (χ3n) is 10.4. The number of piperidine rings is 2. The maximum Gasteiger partial charge on any atom is 0.220 e. The Balaban J connectivity index is 1.14. The summed E-state index contributed by atoms with van der Waals surface area (Å²) in [7, 11) is 4.05. The molecule has 2 aliphatic carbocycles. The molecule has 244 valence electrons. The highest BCUT2D eigenvalue weighted by atomic mass is 35.5. The van der Waals surface area contributed by atoms with E-state index >= 15 is 0 Å². The summed E-state index contributed by atoms with van der Waals surface area (Å²) in [6, 6.07) is 3.51. The van der Waals surface area contributed by atoms with Crippen LogP contribution >= 0.6 is 11.6 Å². The zero-order chi connectivity index (χ0) is 30.3. The van der Waals surface area contributed by atoms with E-state index in [1.165, 1.54) is 6.42 Å². The fraction of sp³-hybridized carbons (Fsp3) is 0.938. The predicted octanol–water partition coefficient (Wildman–Crippen LogP) is 2.15. The molecule has 11 heteroatoms. The van der Waals surface area contributed by atoms with Crippen molar-refractivity contribution in [2.45, 2.75) is 131 Å². The summed E-state index contributed by atoms with van der Waals surface area (Å²) in [6.07, 6.45) is 9.47. The van der Waals surface area contributed by atoms with Gasteiger partial charge in [-0.3, -0.25) is 4.79 Å². The van der Waals surface area contributed by atoms with Crippen LogP contribution in [0.15, 0.2) is 0 Å². The summed E-state index contributed by atoms with van der Waals surface area (Å²) in [5.74, 6) is 0.170. The fourth-order valence-electron chi connectivity index (χ4n) is 8.23. The molecule has 5 fully saturated rings. The second kappa shape index (κ2) is 16.0. The Bertz CT molecular complexity index is 924. The summed E-state index contributed by atoms with van der Waals surface area (Å²) < 4.78 is 18.7. The van der Waals surface area contributed by atoms with Crippen LogP contribution in [0.4, 0.5) is 0 Å². The first-order chi connectivity index (χ1) is 20.8. The molecule has 3 aliphatic heterocycles. The van der Waals surface area contributed by atoms with Gasteiger partial charge >= 0.3 is 0 Å². The Hall–Kier alpha value is -1.03. The number of nitrogens with one attached hydrogen (secondary N) is 4. The first-order valence-corrected chi connectivity index (χ1v) is 17.4. The van der Waals surface area contributed by atoms with Crippen LogP contribution in [0.3, 0.4) is 0 Å². The average molecular weight is 623 g/mol. The van der Waals surface area contributed by atoms with Crippen molar-refractivity contribution in [1.82, 2.24) is 26.2 Å². The molecule has 3 saturated heterocycles. The van der Waals surface area contributed by atoms with E-state index in [4.69, 9.17) is 25.8 Å². The molecule has 5 aliphatic rings. The van der Waals surface area contributed by atoms with Crippen molar-refractivity contribution in [3.05, 3.63) is 0 Å². The Morgan fingerprint density at radius 2 is 1.95 bits per heavy atom. The number of alkyl halides is 1. The molecule has 12 unspecified atom stereocenters. The summed E-state index contributed by atoms with van der Waals surface area (Å²) in [4.78, 5) is 15.0. The lowest BCUT2D eigenvalue weighted by Gasteiger charge is -2.50. The molecule has 0 spiro atoms.